The molecule has 0 N–H and O–H groups in total. The molecular weight excluding hydrogens is 217 g/mol. The maximum Gasteiger partial charge on any atom is 0.410 e. The first kappa shape index (κ1) is 12.0. The molecule has 90 valence electrons. The molecule has 2 heterocycles. The van der Waals surface area contributed by atoms with E-state index in [0.29, 0.717) is 13.1 Å². The number of fused-ring (bicyclic) bond motifs is 1. The van der Waals surface area contributed by atoms with Crippen molar-refractivity contribution in [1.82, 2.24) is 14.6 Å². The van der Waals surface area contributed by atoms with Gasteiger partial charge in [-0.05, 0) is 20.8 Å². The van der Waals surface area contributed by atoms with Crippen molar-refractivity contribution in [2.24, 2.45) is 0 Å². The van der Waals surface area contributed by atoms with Crippen LogP contribution in [0.3, 0.4) is 0 Å². The molecule has 0 aromatic carbocycles. The fourth-order valence-electron chi connectivity index (χ4n) is 1.82. The van der Waals surface area contributed by atoms with Gasteiger partial charge in [-0.2, -0.15) is 5.10 Å². The van der Waals surface area contributed by atoms with Gasteiger partial charge >= 0.3 is 6.09 Å². The highest BCUT2D eigenvalue weighted by Crippen LogP contribution is 2.19. The van der Waals surface area contributed by atoms with Crippen molar-refractivity contribution < 1.29 is 9.53 Å². The number of hydrogen-bond donors (Lipinski definition) is 0. The Kier molecular flexibility index (Phi) is 2.89. The Morgan fingerprint density at radius 1 is 1.53 bits per heavy atom. The molecule has 0 saturated heterocycles. The fourth-order valence-corrected chi connectivity index (χ4v) is 1.82. The first-order chi connectivity index (χ1) is 7.85. The van der Waals surface area contributed by atoms with Gasteiger partial charge in [-0.15, -0.1) is 0 Å². The molecule has 0 fully saturated rings. The minimum atomic E-state index is -0.463. The molecule has 1 aromatic rings. The van der Waals surface area contributed by atoms with E-state index >= 15 is 0 Å². The summed E-state index contributed by atoms with van der Waals surface area (Å²) in [5.41, 5.74) is 1.49. The Labute approximate surface area is 102 Å². The Morgan fingerprint density at radius 3 is 2.88 bits per heavy atom. The SMILES string of the molecule is [B]n1cc2c(n1)CCN(C(=O)OC(C)(C)C)C2. The Morgan fingerprint density at radius 2 is 2.24 bits per heavy atom. The first-order valence-corrected chi connectivity index (χ1v) is 5.65. The normalized spacial score (nSPS) is 15.6. The number of aromatic nitrogens is 2. The lowest BCUT2D eigenvalue weighted by Crippen LogP contribution is -2.39. The average Bonchev–Trinajstić information content (AvgIpc) is 2.53. The van der Waals surface area contributed by atoms with Crippen LogP contribution in [0.25, 0.3) is 0 Å². The molecular formula is C11H16BN3O2. The number of carbonyl (C=O) groups excluding carboxylic acids is 1. The van der Waals surface area contributed by atoms with Crippen molar-refractivity contribution >= 4 is 14.1 Å². The van der Waals surface area contributed by atoms with Crippen LogP contribution < -0.4 is 0 Å². The van der Waals surface area contributed by atoms with E-state index in [4.69, 9.17) is 12.7 Å². The molecule has 2 radical (unpaired) electrons. The molecule has 0 bridgehead atoms. The van der Waals surface area contributed by atoms with Crippen LogP contribution >= 0.6 is 0 Å². The van der Waals surface area contributed by atoms with Crippen LogP contribution in [0.15, 0.2) is 6.20 Å². The molecule has 0 saturated carbocycles. The summed E-state index contributed by atoms with van der Waals surface area (Å²) in [7, 11) is 5.55. The molecule has 1 aliphatic heterocycles. The Balaban J connectivity index is 2.05. The van der Waals surface area contributed by atoms with Crippen molar-refractivity contribution in [3.05, 3.63) is 17.5 Å². The fraction of sp³-hybridized carbons (Fsp3) is 0.636. The first-order valence-electron chi connectivity index (χ1n) is 5.65. The van der Waals surface area contributed by atoms with E-state index in [-0.39, 0.29) is 6.09 Å². The molecule has 1 aliphatic rings. The van der Waals surface area contributed by atoms with E-state index in [1.165, 1.54) is 4.59 Å². The highest BCUT2D eigenvalue weighted by atomic mass is 16.6. The van der Waals surface area contributed by atoms with Gasteiger partial charge in [0.2, 0.25) is 0 Å². The van der Waals surface area contributed by atoms with Gasteiger partial charge in [0, 0.05) is 24.7 Å². The summed E-state index contributed by atoms with van der Waals surface area (Å²) >= 11 is 0. The van der Waals surface area contributed by atoms with Gasteiger partial charge in [-0.25, -0.2) is 4.79 Å². The molecule has 2 rings (SSSR count). The van der Waals surface area contributed by atoms with Crippen LogP contribution in [0, 0.1) is 0 Å². The number of rotatable bonds is 0. The average molecular weight is 233 g/mol. The predicted molar refractivity (Wildman–Crippen MR) is 63.7 cm³/mol. The van der Waals surface area contributed by atoms with Gasteiger partial charge in [0.05, 0.1) is 12.2 Å². The lowest BCUT2D eigenvalue weighted by Gasteiger charge is -2.29. The largest absolute Gasteiger partial charge is 0.444 e. The predicted octanol–water partition coefficient (Wildman–Crippen LogP) is 1.11. The molecule has 0 aliphatic carbocycles. The molecule has 0 atom stereocenters. The monoisotopic (exact) mass is 233 g/mol. The van der Waals surface area contributed by atoms with Crippen molar-refractivity contribution in [2.75, 3.05) is 6.54 Å². The molecule has 6 heteroatoms. The van der Waals surface area contributed by atoms with Gasteiger partial charge in [-0.3, -0.25) is 0 Å². The lowest BCUT2D eigenvalue weighted by molar-refractivity contribution is 0.0223. The second kappa shape index (κ2) is 4.09. The van der Waals surface area contributed by atoms with Crippen LogP contribution in [0.2, 0.25) is 0 Å². The summed E-state index contributed by atoms with van der Waals surface area (Å²) < 4.78 is 6.62. The highest BCUT2D eigenvalue weighted by molar-refractivity contribution is 6.05. The molecule has 0 unspecified atom stereocenters. The van der Waals surface area contributed by atoms with E-state index in [9.17, 15) is 4.79 Å². The van der Waals surface area contributed by atoms with E-state index in [2.05, 4.69) is 5.10 Å². The number of carbonyl (C=O) groups is 1. The number of nitrogens with zero attached hydrogens (tertiary/aromatic N) is 3. The zero-order valence-corrected chi connectivity index (χ0v) is 10.4. The zero-order valence-electron chi connectivity index (χ0n) is 10.4. The van der Waals surface area contributed by atoms with Crippen LogP contribution in [-0.4, -0.2) is 40.8 Å². The smallest absolute Gasteiger partial charge is 0.410 e. The maximum absolute atomic E-state index is 11.9. The van der Waals surface area contributed by atoms with Crippen molar-refractivity contribution in [1.29, 1.82) is 0 Å². The quantitative estimate of drug-likeness (QED) is 0.630. The third-order valence-corrected chi connectivity index (χ3v) is 2.53. The van der Waals surface area contributed by atoms with Gasteiger partial charge in [-0.1, -0.05) is 0 Å². The van der Waals surface area contributed by atoms with E-state index in [0.717, 1.165) is 17.7 Å². The van der Waals surface area contributed by atoms with Crippen LogP contribution in [0.5, 0.6) is 0 Å². The Hall–Kier alpha value is -1.46. The van der Waals surface area contributed by atoms with Gasteiger partial charge in [0.1, 0.15) is 5.60 Å². The van der Waals surface area contributed by atoms with E-state index in [1.54, 1.807) is 11.1 Å². The van der Waals surface area contributed by atoms with Crippen molar-refractivity contribution in [3.63, 3.8) is 0 Å². The lowest BCUT2D eigenvalue weighted by atomic mass is 10.1. The summed E-state index contributed by atoms with van der Waals surface area (Å²) in [5.74, 6) is 0. The van der Waals surface area contributed by atoms with Crippen LogP contribution in [0.1, 0.15) is 32.0 Å². The minimum Gasteiger partial charge on any atom is -0.444 e. The summed E-state index contributed by atoms with van der Waals surface area (Å²) in [6.45, 7) is 6.72. The van der Waals surface area contributed by atoms with Crippen LogP contribution in [-0.2, 0) is 17.7 Å². The highest BCUT2D eigenvalue weighted by Gasteiger charge is 2.26. The number of ether oxygens (including phenoxy) is 1. The summed E-state index contributed by atoms with van der Waals surface area (Å²) in [5, 5.41) is 4.14. The topological polar surface area (TPSA) is 47.4 Å². The third kappa shape index (κ3) is 2.81. The van der Waals surface area contributed by atoms with Gasteiger partial charge < -0.3 is 14.2 Å². The standard InChI is InChI=1S/C11H16BN3O2/c1-11(2,3)17-10(16)14-5-4-9-8(6-14)7-15(12)13-9/h7H,4-6H2,1-3H3. The van der Waals surface area contributed by atoms with E-state index in [1.807, 2.05) is 20.8 Å². The summed E-state index contributed by atoms with van der Waals surface area (Å²) in [6.07, 6.45) is 2.18. The second-order valence-electron chi connectivity index (χ2n) is 5.23. The third-order valence-electron chi connectivity index (χ3n) is 2.53. The molecule has 5 nitrogen and oxygen atoms in total. The maximum atomic E-state index is 11.9. The summed E-state index contributed by atoms with van der Waals surface area (Å²) in [4.78, 5) is 13.6. The van der Waals surface area contributed by atoms with Crippen molar-refractivity contribution in [3.8, 4) is 0 Å². The number of amides is 1. The second-order valence-corrected chi connectivity index (χ2v) is 5.23. The number of hydrogen-bond acceptors (Lipinski definition) is 3. The molecule has 1 aromatic heterocycles. The molecule has 0 spiro atoms. The molecule has 17 heavy (non-hydrogen) atoms. The van der Waals surface area contributed by atoms with Gasteiger partial charge in [0.15, 0.2) is 0 Å². The Bertz CT molecular complexity index is 436. The van der Waals surface area contributed by atoms with E-state index < -0.39 is 5.60 Å². The zero-order chi connectivity index (χ0) is 12.6. The van der Waals surface area contributed by atoms with Gasteiger partial charge in [0.25, 0.3) is 7.98 Å². The summed E-state index contributed by atoms with van der Waals surface area (Å²) in [6, 6.07) is 0. The van der Waals surface area contributed by atoms with Crippen molar-refractivity contribution in [2.45, 2.75) is 39.3 Å². The minimum absolute atomic E-state index is 0.284. The molecule has 1 amide bonds. The van der Waals surface area contributed by atoms with Crippen LogP contribution in [0.4, 0.5) is 4.79 Å².